The minimum atomic E-state index is -0.0307. The fourth-order valence-corrected chi connectivity index (χ4v) is 3.67. The molecule has 4 rings (SSSR count). The van der Waals surface area contributed by atoms with E-state index in [0.29, 0.717) is 5.69 Å². The van der Waals surface area contributed by atoms with Crippen LogP contribution in [0.3, 0.4) is 0 Å². The van der Waals surface area contributed by atoms with Crippen LogP contribution in [0.1, 0.15) is 42.6 Å². The highest BCUT2D eigenvalue weighted by Crippen LogP contribution is 2.42. The van der Waals surface area contributed by atoms with Crippen molar-refractivity contribution in [2.24, 2.45) is 11.3 Å². The third-order valence-corrected chi connectivity index (χ3v) is 5.40. The smallest absolute Gasteiger partial charge is 0.275 e. The van der Waals surface area contributed by atoms with E-state index >= 15 is 0 Å². The second kappa shape index (κ2) is 6.24. The maximum absolute atomic E-state index is 12.3. The lowest BCUT2D eigenvalue weighted by atomic mass is 9.76. The molecule has 0 unspecified atom stereocenters. The van der Waals surface area contributed by atoms with Crippen LogP contribution in [0.2, 0.25) is 0 Å². The first-order valence-electron chi connectivity index (χ1n) is 8.61. The van der Waals surface area contributed by atoms with Crippen molar-refractivity contribution in [1.82, 2.24) is 9.88 Å². The number of likely N-dealkylation sites (tertiary alicyclic amines) is 1. The van der Waals surface area contributed by atoms with Gasteiger partial charge in [0, 0.05) is 19.7 Å². The van der Waals surface area contributed by atoms with Crippen molar-refractivity contribution < 1.29 is 18.7 Å². The van der Waals surface area contributed by atoms with Gasteiger partial charge in [-0.1, -0.05) is 0 Å². The van der Waals surface area contributed by atoms with Crippen molar-refractivity contribution >= 4 is 5.91 Å². The van der Waals surface area contributed by atoms with Crippen molar-refractivity contribution in [2.75, 3.05) is 32.9 Å². The van der Waals surface area contributed by atoms with Crippen LogP contribution in [0.4, 0.5) is 0 Å². The number of piperidine rings is 1. The molecular formula is C17H24N2O4. The molecule has 1 saturated carbocycles. The Kier molecular flexibility index (Phi) is 4.11. The monoisotopic (exact) mass is 320 g/mol. The Morgan fingerprint density at radius 2 is 2.17 bits per heavy atom. The molecule has 0 bridgehead atoms. The lowest BCUT2D eigenvalue weighted by Gasteiger charge is -2.38. The molecule has 1 amide bonds. The second-order valence-corrected chi connectivity index (χ2v) is 7.28. The lowest BCUT2D eigenvalue weighted by Crippen LogP contribution is -2.43. The first-order valence-corrected chi connectivity index (χ1v) is 8.61. The molecule has 1 atom stereocenters. The van der Waals surface area contributed by atoms with Crippen molar-refractivity contribution in [1.29, 1.82) is 0 Å². The fourth-order valence-electron chi connectivity index (χ4n) is 3.67. The molecule has 1 aromatic rings. The molecule has 126 valence electrons. The number of hydrogen-bond acceptors (Lipinski definition) is 5. The van der Waals surface area contributed by atoms with E-state index in [1.807, 2.05) is 4.90 Å². The summed E-state index contributed by atoms with van der Waals surface area (Å²) in [5.74, 6) is 0.771. The number of hydrogen-bond donors (Lipinski definition) is 0. The van der Waals surface area contributed by atoms with Crippen LogP contribution in [0, 0.1) is 11.3 Å². The molecule has 0 N–H and O–H groups in total. The van der Waals surface area contributed by atoms with Gasteiger partial charge in [0.15, 0.2) is 12.1 Å². The molecule has 3 fully saturated rings. The van der Waals surface area contributed by atoms with Gasteiger partial charge in [-0.3, -0.25) is 4.79 Å². The van der Waals surface area contributed by atoms with Gasteiger partial charge in [0.05, 0.1) is 19.3 Å². The third kappa shape index (κ3) is 3.43. The third-order valence-electron chi connectivity index (χ3n) is 5.40. The Bertz CT molecular complexity index is 533. The topological polar surface area (TPSA) is 64.8 Å². The second-order valence-electron chi connectivity index (χ2n) is 7.28. The zero-order valence-electron chi connectivity index (χ0n) is 13.4. The summed E-state index contributed by atoms with van der Waals surface area (Å²) in [5.41, 5.74) is 0.628. The first-order chi connectivity index (χ1) is 11.2. The molecule has 6 heteroatoms. The maximum atomic E-state index is 12.3. The summed E-state index contributed by atoms with van der Waals surface area (Å²) in [7, 11) is 0. The van der Waals surface area contributed by atoms with Gasteiger partial charge in [-0.15, -0.1) is 0 Å². The highest BCUT2D eigenvalue weighted by molar-refractivity contribution is 5.91. The average molecular weight is 320 g/mol. The molecular weight excluding hydrogens is 296 g/mol. The quantitative estimate of drug-likeness (QED) is 0.831. The van der Waals surface area contributed by atoms with Crippen molar-refractivity contribution in [3.05, 3.63) is 18.4 Å². The number of nitrogens with zero attached hydrogens (tertiary/aromatic N) is 2. The summed E-state index contributed by atoms with van der Waals surface area (Å²) in [5, 5.41) is 0. The largest absolute Gasteiger partial charge is 0.451 e. The highest BCUT2D eigenvalue weighted by atomic mass is 16.5. The number of carbonyl (C=O) groups excluding carboxylic acids is 1. The Morgan fingerprint density at radius 3 is 2.87 bits per heavy atom. The molecule has 0 aromatic carbocycles. The molecule has 23 heavy (non-hydrogen) atoms. The molecule has 3 heterocycles. The fraction of sp³-hybridized carbons (Fsp3) is 0.765. The zero-order valence-corrected chi connectivity index (χ0v) is 13.4. The predicted octanol–water partition coefficient (Wildman–Crippen LogP) is 2.11. The number of aromatic nitrogens is 1. The molecule has 3 aliphatic rings. The zero-order chi connectivity index (χ0) is 15.7. The van der Waals surface area contributed by atoms with E-state index in [-0.39, 0.29) is 17.4 Å². The van der Waals surface area contributed by atoms with Crippen LogP contribution in [0.5, 0.6) is 0 Å². The first kappa shape index (κ1) is 15.1. The van der Waals surface area contributed by atoms with Gasteiger partial charge in [-0.05, 0) is 43.4 Å². The van der Waals surface area contributed by atoms with E-state index in [9.17, 15) is 4.79 Å². The summed E-state index contributed by atoms with van der Waals surface area (Å²) in [6.07, 6.45) is 8.64. The Balaban J connectivity index is 1.25. The highest BCUT2D eigenvalue weighted by Gasteiger charge is 2.43. The van der Waals surface area contributed by atoms with Crippen LogP contribution in [-0.4, -0.2) is 54.8 Å². The SMILES string of the molecule is O=C(c1cocn1)N1CCC2(CC1)CO[C@@H](COCC1CC1)C2. The summed E-state index contributed by atoms with van der Waals surface area (Å²) < 4.78 is 16.6. The van der Waals surface area contributed by atoms with E-state index in [1.165, 1.54) is 25.5 Å². The minimum Gasteiger partial charge on any atom is -0.451 e. The predicted molar refractivity (Wildman–Crippen MR) is 82.0 cm³/mol. The van der Waals surface area contributed by atoms with Gasteiger partial charge >= 0.3 is 0 Å². The van der Waals surface area contributed by atoms with E-state index in [2.05, 4.69) is 4.98 Å². The van der Waals surface area contributed by atoms with Gasteiger partial charge < -0.3 is 18.8 Å². The van der Waals surface area contributed by atoms with Crippen molar-refractivity contribution in [3.63, 3.8) is 0 Å². The van der Waals surface area contributed by atoms with Crippen molar-refractivity contribution in [2.45, 2.75) is 38.2 Å². The molecule has 1 spiro atoms. The van der Waals surface area contributed by atoms with Crippen molar-refractivity contribution in [3.8, 4) is 0 Å². The van der Waals surface area contributed by atoms with E-state index in [4.69, 9.17) is 13.9 Å². The van der Waals surface area contributed by atoms with Crippen LogP contribution in [0.15, 0.2) is 17.1 Å². The summed E-state index contributed by atoms with van der Waals surface area (Å²) in [6, 6.07) is 0. The average Bonchev–Trinajstić information content (AvgIpc) is 3.08. The Hall–Kier alpha value is -1.40. The standard InChI is InChI=1S/C17H24N2O4/c20-16(15-10-22-12-18-15)19-5-3-17(4-6-19)7-14(23-11-17)9-21-8-13-1-2-13/h10,12-14H,1-9,11H2/t14-/m1/s1. The van der Waals surface area contributed by atoms with Gasteiger partial charge in [0.2, 0.25) is 0 Å². The van der Waals surface area contributed by atoms with E-state index in [1.54, 1.807) is 0 Å². The molecule has 2 saturated heterocycles. The summed E-state index contributed by atoms with van der Waals surface area (Å²) >= 11 is 0. The lowest BCUT2D eigenvalue weighted by molar-refractivity contribution is 0.00937. The molecule has 1 aromatic heterocycles. The summed E-state index contributed by atoms with van der Waals surface area (Å²) in [4.78, 5) is 18.1. The molecule has 2 aliphatic heterocycles. The number of amides is 1. The molecule has 6 nitrogen and oxygen atoms in total. The van der Waals surface area contributed by atoms with Crippen LogP contribution in [-0.2, 0) is 9.47 Å². The summed E-state index contributed by atoms with van der Waals surface area (Å²) in [6.45, 7) is 3.96. The molecule has 0 radical (unpaired) electrons. The van der Waals surface area contributed by atoms with Gasteiger partial charge in [0.1, 0.15) is 6.26 Å². The number of rotatable bonds is 5. The van der Waals surface area contributed by atoms with Gasteiger partial charge in [-0.2, -0.15) is 0 Å². The normalized spacial score (nSPS) is 26.8. The van der Waals surface area contributed by atoms with Crippen LogP contribution in [0.25, 0.3) is 0 Å². The van der Waals surface area contributed by atoms with Crippen LogP contribution < -0.4 is 0 Å². The minimum absolute atomic E-state index is 0.0307. The molecule has 1 aliphatic carbocycles. The Morgan fingerprint density at radius 1 is 1.35 bits per heavy atom. The van der Waals surface area contributed by atoms with E-state index in [0.717, 1.165) is 58.1 Å². The van der Waals surface area contributed by atoms with Crippen LogP contribution >= 0.6 is 0 Å². The van der Waals surface area contributed by atoms with Gasteiger partial charge in [-0.25, -0.2) is 4.98 Å². The maximum Gasteiger partial charge on any atom is 0.275 e. The van der Waals surface area contributed by atoms with Gasteiger partial charge in [0.25, 0.3) is 5.91 Å². The number of oxazole rings is 1. The van der Waals surface area contributed by atoms with E-state index < -0.39 is 0 Å². The number of ether oxygens (including phenoxy) is 2. The number of carbonyl (C=O) groups is 1. The Labute approximate surface area is 136 Å².